The SMILES string of the molecule is CNC(=S)NNC(=O)Cc1nc(-c2cnccn2)no1. The molecule has 3 N–H and O–H groups in total. The van der Waals surface area contributed by atoms with Crippen molar-refractivity contribution in [2.75, 3.05) is 7.05 Å². The maximum Gasteiger partial charge on any atom is 0.247 e. The fourth-order valence-electron chi connectivity index (χ4n) is 1.22. The van der Waals surface area contributed by atoms with Crippen LogP contribution >= 0.6 is 12.2 Å². The lowest BCUT2D eigenvalue weighted by Gasteiger charge is -2.06. The Bertz CT molecular complexity index is 601. The lowest BCUT2D eigenvalue weighted by molar-refractivity contribution is -0.121. The van der Waals surface area contributed by atoms with Gasteiger partial charge in [0, 0.05) is 19.4 Å². The summed E-state index contributed by atoms with van der Waals surface area (Å²) in [5.41, 5.74) is 5.35. The van der Waals surface area contributed by atoms with Crippen molar-refractivity contribution in [3.05, 3.63) is 24.5 Å². The fraction of sp³-hybridized carbons (Fsp3) is 0.200. The van der Waals surface area contributed by atoms with E-state index < -0.39 is 0 Å². The molecular formula is C10H11N7O2S. The van der Waals surface area contributed by atoms with Gasteiger partial charge in [-0.15, -0.1) is 0 Å². The van der Waals surface area contributed by atoms with Crippen LogP contribution in [0, 0.1) is 0 Å². The standard InChI is InChI=1S/C10H11N7O2S/c1-11-10(20)16-15-7(18)4-8-14-9(17-19-8)6-5-12-2-3-13-6/h2-3,5H,4H2,1H3,(H,15,18)(H2,11,16,20). The minimum absolute atomic E-state index is 0.0768. The molecule has 0 spiro atoms. The Morgan fingerprint density at radius 1 is 1.40 bits per heavy atom. The molecule has 9 nitrogen and oxygen atoms in total. The van der Waals surface area contributed by atoms with Crippen molar-refractivity contribution in [1.82, 2.24) is 36.3 Å². The molecule has 0 fully saturated rings. The van der Waals surface area contributed by atoms with Gasteiger partial charge in [-0.05, 0) is 12.2 Å². The summed E-state index contributed by atoms with van der Waals surface area (Å²) in [4.78, 5) is 23.5. The molecule has 2 rings (SSSR count). The van der Waals surface area contributed by atoms with Crippen molar-refractivity contribution in [1.29, 1.82) is 0 Å². The van der Waals surface area contributed by atoms with Crippen LogP contribution in [-0.2, 0) is 11.2 Å². The van der Waals surface area contributed by atoms with Gasteiger partial charge in [0.2, 0.25) is 17.6 Å². The van der Waals surface area contributed by atoms with Gasteiger partial charge in [-0.2, -0.15) is 4.98 Å². The largest absolute Gasteiger partial charge is 0.364 e. The summed E-state index contributed by atoms with van der Waals surface area (Å²) in [5, 5.41) is 6.67. The molecule has 0 radical (unpaired) electrons. The second-order valence-electron chi connectivity index (χ2n) is 3.53. The molecule has 2 aromatic rings. The minimum atomic E-state index is -0.364. The van der Waals surface area contributed by atoms with Gasteiger partial charge in [-0.1, -0.05) is 5.16 Å². The van der Waals surface area contributed by atoms with Crippen LogP contribution in [0.4, 0.5) is 0 Å². The van der Waals surface area contributed by atoms with Gasteiger partial charge in [-0.25, -0.2) is 4.98 Å². The number of carbonyl (C=O) groups is 1. The van der Waals surface area contributed by atoms with Crippen LogP contribution in [0.1, 0.15) is 5.89 Å². The molecule has 104 valence electrons. The van der Waals surface area contributed by atoms with Crippen molar-refractivity contribution in [2.45, 2.75) is 6.42 Å². The summed E-state index contributed by atoms with van der Waals surface area (Å²) in [6.45, 7) is 0. The summed E-state index contributed by atoms with van der Waals surface area (Å²) in [7, 11) is 1.63. The molecule has 0 aliphatic rings. The van der Waals surface area contributed by atoms with Gasteiger partial charge < -0.3 is 9.84 Å². The third kappa shape index (κ3) is 3.68. The molecule has 10 heteroatoms. The zero-order valence-corrected chi connectivity index (χ0v) is 11.3. The number of rotatable bonds is 3. The van der Waals surface area contributed by atoms with E-state index in [9.17, 15) is 4.79 Å². The Labute approximate surface area is 119 Å². The van der Waals surface area contributed by atoms with Crippen LogP contribution in [0.15, 0.2) is 23.1 Å². The summed E-state index contributed by atoms with van der Waals surface area (Å²) < 4.78 is 4.96. The van der Waals surface area contributed by atoms with E-state index in [2.05, 4.69) is 36.3 Å². The lowest BCUT2D eigenvalue weighted by Crippen LogP contribution is -2.46. The number of hydrazine groups is 1. The molecule has 0 saturated heterocycles. The van der Waals surface area contributed by atoms with E-state index in [0.717, 1.165) is 0 Å². The van der Waals surface area contributed by atoms with Gasteiger partial charge in [0.1, 0.15) is 12.1 Å². The molecule has 0 saturated carbocycles. The second kappa shape index (κ2) is 6.52. The lowest BCUT2D eigenvalue weighted by atomic mass is 10.4. The Morgan fingerprint density at radius 2 is 2.25 bits per heavy atom. The van der Waals surface area contributed by atoms with Crippen LogP contribution in [0.25, 0.3) is 11.5 Å². The smallest absolute Gasteiger partial charge is 0.247 e. The van der Waals surface area contributed by atoms with Gasteiger partial charge in [-0.3, -0.25) is 20.6 Å². The number of nitrogens with one attached hydrogen (secondary N) is 3. The summed E-state index contributed by atoms with van der Waals surface area (Å²) in [6.07, 6.45) is 4.48. The maximum atomic E-state index is 11.6. The fourth-order valence-corrected chi connectivity index (χ4v) is 1.27. The summed E-state index contributed by atoms with van der Waals surface area (Å²) in [5.74, 6) is 0.0804. The number of thiocarbonyl (C=S) groups is 1. The quantitative estimate of drug-likeness (QED) is 0.493. The van der Waals surface area contributed by atoms with Crippen LogP contribution in [0.2, 0.25) is 0 Å². The molecule has 20 heavy (non-hydrogen) atoms. The highest BCUT2D eigenvalue weighted by molar-refractivity contribution is 7.80. The zero-order chi connectivity index (χ0) is 14.4. The van der Waals surface area contributed by atoms with Gasteiger partial charge >= 0.3 is 0 Å². The van der Waals surface area contributed by atoms with Gasteiger partial charge in [0.15, 0.2) is 5.11 Å². The van der Waals surface area contributed by atoms with Crippen molar-refractivity contribution in [2.24, 2.45) is 0 Å². The first kappa shape index (κ1) is 13.8. The van der Waals surface area contributed by atoms with E-state index in [0.29, 0.717) is 10.8 Å². The third-order valence-corrected chi connectivity index (χ3v) is 2.42. The molecule has 1 amide bonds. The van der Waals surface area contributed by atoms with Crippen LogP contribution in [0.5, 0.6) is 0 Å². The number of hydrogen-bond donors (Lipinski definition) is 3. The minimum Gasteiger partial charge on any atom is -0.364 e. The van der Waals surface area contributed by atoms with Crippen molar-refractivity contribution in [3.8, 4) is 11.5 Å². The van der Waals surface area contributed by atoms with Crippen molar-refractivity contribution >= 4 is 23.2 Å². The number of amides is 1. The Kier molecular flexibility index (Phi) is 4.50. The number of nitrogens with zero attached hydrogens (tertiary/aromatic N) is 4. The third-order valence-electron chi connectivity index (χ3n) is 2.11. The predicted octanol–water partition coefficient (Wildman–Crippen LogP) is -0.806. The van der Waals surface area contributed by atoms with E-state index in [1.165, 1.54) is 18.6 Å². The number of hydrogen-bond acceptors (Lipinski definition) is 7. The van der Waals surface area contributed by atoms with Gasteiger partial charge in [0.05, 0.1) is 6.20 Å². The van der Waals surface area contributed by atoms with Crippen LogP contribution in [-0.4, -0.2) is 38.2 Å². The number of carbonyl (C=O) groups excluding carboxylic acids is 1. The zero-order valence-electron chi connectivity index (χ0n) is 10.5. The first-order valence-corrected chi connectivity index (χ1v) is 5.95. The summed E-state index contributed by atoms with van der Waals surface area (Å²) >= 11 is 4.80. The van der Waals surface area contributed by atoms with E-state index in [-0.39, 0.29) is 24.0 Å². The highest BCUT2D eigenvalue weighted by Crippen LogP contribution is 2.10. The number of aromatic nitrogens is 4. The Morgan fingerprint density at radius 3 is 2.95 bits per heavy atom. The topological polar surface area (TPSA) is 118 Å². The predicted molar refractivity (Wildman–Crippen MR) is 72.0 cm³/mol. The molecular weight excluding hydrogens is 282 g/mol. The van der Waals surface area contributed by atoms with E-state index in [1.54, 1.807) is 7.05 Å². The molecule has 0 aromatic carbocycles. The first-order chi connectivity index (χ1) is 9.69. The monoisotopic (exact) mass is 293 g/mol. The van der Waals surface area contributed by atoms with Crippen LogP contribution < -0.4 is 16.2 Å². The molecule has 2 heterocycles. The maximum absolute atomic E-state index is 11.6. The average molecular weight is 293 g/mol. The van der Waals surface area contributed by atoms with Crippen molar-refractivity contribution in [3.63, 3.8) is 0 Å². The molecule has 0 aliphatic carbocycles. The first-order valence-electron chi connectivity index (χ1n) is 5.54. The molecule has 0 unspecified atom stereocenters. The highest BCUT2D eigenvalue weighted by atomic mass is 32.1. The average Bonchev–Trinajstić information content (AvgIpc) is 2.94. The van der Waals surface area contributed by atoms with E-state index in [4.69, 9.17) is 16.7 Å². The molecule has 0 atom stereocenters. The molecule has 0 aliphatic heterocycles. The van der Waals surface area contributed by atoms with Gasteiger partial charge in [0.25, 0.3) is 0 Å². The normalized spacial score (nSPS) is 9.85. The second-order valence-corrected chi connectivity index (χ2v) is 3.94. The Hall–Kier alpha value is -2.62. The van der Waals surface area contributed by atoms with Crippen molar-refractivity contribution < 1.29 is 9.32 Å². The van der Waals surface area contributed by atoms with E-state index in [1.807, 2.05) is 0 Å². The summed E-state index contributed by atoms with van der Waals surface area (Å²) in [6, 6.07) is 0. The van der Waals surface area contributed by atoms with Crippen LogP contribution in [0.3, 0.4) is 0 Å². The molecule has 2 aromatic heterocycles. The Balaban J connectivity index is 1.93. The highest BCUT2D eigenvalue weighted by Gasteiger charge is 2.13. The van der Waals surface area contributed by atoms with E-state index >= 15 is 0 Å². The molecule has 0 bridgehead atoms.